The van der Waals surface area contributed by atoms with Crippen LogP contribution in [0, 0.1) is 0 Å². The van der Waals surface area contributed by atoms with Gasteiger partial charge in [-0.05, 0) is 55.5 Å². The molecule has 90 valence electrons. The smallest absolute Gasteiger partial charge is 0.224 e. The van der Waals surface area contributed by atoms with Crippen LogP contribution in [0.4, 0.5) is 5.82 Å². The van der Waals surface area contributed by atoms with Crippen LogP contribution in [0.5, 0.6) is 0 Å². The molecule has 1 aromatic rings. The fourth-order valence-corrected chi connectivity index (χ4v) is 1.39. The molecule has 4 nitrogen and oxygen atoms in total. The number of anilines is 1. The van der Waals surface area contributed by atoms with E-state index in [1.165, 1.54) is 0 Å². The van der Waals surface area contributed by atoms with E-state index in [0.717, 1.165) is 16.8 Å². The standard InChI is InChI=1S/C10H16BrClN4/c1-10(2,16(3)4)6-14-8-7(11)5-13-9(12)15-8/h5H,6H2,1-4H3,(H,13,14,15). The first-order valence-corrected chi connectivity index (χ1v) is 6.09. The van der Waals surface area contributed by atoms with Crippen molar-refractivity contribution in [1.29, 1.82) is 0 Å². The minimum atomic E-state index is 0.0386. The van der Waals surface area contributed by atoms with Gasteiger partial charge in [-0.3, -0.25) is 0 Å². The topological polar surface area (TPSA) is 41.0 Å². The van der Waals surface area contributed by atoms with E-state index < -0.39 is 0 Å². The molecule has 1 heterocycles. The molecule has 0 atom stereocenters. The van der Waals surface area contributed by atoms with E-state index in [1.807, 2.05) is 14.1 Å². The summed E-state index contributed by atoms with van der Waals surface area (Å²) in [5.74, 6) is 0.718. The van der Waals surface area contributed by atoms with Crippen molar-refractivity contribution >= 4 is 33.3 Å². The minimum Gasteiger partial charge on any atom is -0.367 e. The van der Waals surface area contributed by atoms with Gasteiger partial charge in [0.25, 0.3) is 0 Å². The summed E-state index contributed by atoms with van der Waals surface area (Å²) < 4.78 is 0.812. The number of rotatable bonds is 4. The molecule has 6 heteroatoms. The fourth-order valence-electron chi connectivity index (χ4n) is 0.928. The predicted molar refractivity (Wildman–Crippen MR) is 71.0 cm³/mol. The van der Waals surface area contributed by atoms with Crippen molar-refractivity contribution < 1.29 is 0 Å². The Balaban J connectivity index is 2.71. The Bertz CT molecular complexity index is 368. The number of likely N-dealkylation sites (N-methyl/N-ethyl adjacent to an activating group) is 1. The summed E-state index contributed by atoms with van der Waals surface area (Å²) in [6, 6.07) is 0. The summed E-state index contributed by atoms with van der Waals surface area (Å²) in [4.78, 5) is 10.1. The van der Waals surface area contributed by atoms with Crippen LogP contribution in [0.2, 0.25) is 5.28 Å². The molecule has 1 N–H and O–H groups in total. The van der Waals surface area contributed by atoms with Gasteiger partial charge in [-0.2, -0.15) is 4.98 Å². The number of aromatic nitrogens is 2. The van der Waals surface area contributed by atoms with Crippen LogP contribution < -0.4 is 5.32 Å². The molecule has 0 amide bonds. The van der Waals surface area contributed by atoms with Crippen LogP contribution in [0.25, 0.3) is 0 Å². The number of nitrogens with one attached hydrogen (secondary N) is 1. The van der Waals surface area contributed by atoms with Crippen molar-refractivity contribution in [2.45, 2.75) is 19.4 Å². The molecule has 0 radical (unpaired) electrons. The van der Waals surface area contributed by atoms with Crippen LogP contribution in [0.3, 0.4) is 0 Å². The lowest BCUT2D eigenvalue weighted by atomic mass is 10.0. The van der Waals surface area contributed by atoms with Gasteiger partial charge in [0.05, 0.1) is 4.47 Å². The second-order valence-corrected chi connectivity index (χ2v) is 5.59. The second-order valence-electron chi connectivity index (χ2n) is 4.40. The van der Waals surface area contributed by atoms with E-state index in [-0.39, 0.29) is 10.8 Å². The SMILES string of the molecule is CN(C)C(C)(C)CNc1nc(Cl)ncc1Br. The molecule has 0 aliphatic heterocycles. The van der Waals surface area contributed by atoms with Gasteiger partial charge in [-0.1, -0.05) is 0 Å². The van der Waals surface area contributed by atoms with Crippen molar-refractivity contribution in [3.05, 3.63) is 16.0 Å². The lowest BCUT2D eigenvalue weighted by Crippen LogP contribution is -2.44. The average molecular weight is 308 g/mol. The highest BCUT2D eigenvalue weighted by atomic mass is 79.9. The third-order valence-electron chi connectivity index (χ3n) is 2.61. The Morgan fingerprint density at radius 2 is 2.12 bits per heavy atom. The van der Waals surface area contributed by atoms with E-state index in [1.54, 1.807) is 6.20 Å². The van der Waals surface area contributed by atoms with Crippen LogP contribution in [0.15, 0.2) is 10.7 Å². The lowest BCUT2D eigenvalue weighted by Gasteiger charge is -2.32. The molecule has 0 aliphatic rings. The van der Waals surface area contributed by atoms with Gasteiger partial charge >= 0.3 is 0 Å². The number of halogens is 2. The molecule has 1 aromatic heterocycles. The summed E-state index contributed by atoms with van der Waals surface area (Å²) in [5, 5.41) is 3.50. The van der Waals surface area contributed by atoms with Gasteiger partial charge in [0.1, 0.15) is 5.82 Å². The molecule has 16 heavy (non-hydrogen) atoms. The van der Waals surface area contributed by atoms with E-state index in [4.69, 9.17) is 11.6 Å². The molecule has 0 saturated heterocycles. The van der Waals surface area contributed by atoms with Gasteiger partial charge < -0.3 is 10.2 Å². The van der Waals surface area contributed by atoms with Crippen LogP contribution in [-0.2, 0) is 0 Å². The number of nitrogens with zero attached hydrogens (tertiary/aromatic N) is 3. The largest absolute Gasteiger partial charge is 0.367 e. The molecule has 0 spiro atoms. The first-order valence-electron chi connectivity index (χ1n) is 4.92. The molecule has 0 unspecified atom stereocenters. The highest BCUT2D eigenvalue weighted by Crippen LogP contribution is 2.21. The average Bonchev–Trinajstić information content (AvgIpc) is 2.19. The number of hydrogen-bond donors (Lipinski definition) is 1. The maximum atomic E-state index is 5.74. The predicted octanol–water partition coefficient (Wildman–Crippen LogP) is 2.64. The van der Waals surface area contributed by atoms with E-state index in [2.05, 4.69) is 50.0 Å². The maximum Gasteiger partial charge on any atom is 0.224 e. The molecule has 0 saturated carbocycles. The monoisotopic (exact) mass is 306 g/mol. The third kappa shape index (κ3) is 3.57. The Morgan fingerprint density at radius 3 is 2.69 bits per heavy atom. The Morgan fingerprint density at radius 1 is 1.50 bits per heavy atom. The zero-order valence-electron chi connectivity index (χ0n) is 9.88. The van der Waals surface area contributed by atoms with Gasteiger partial charge in [0.2, 0.25) is 5.28 Å². The zero-order chi connectivity index (χ0) is 12.3. The summed E-state index contributed by atoms with van der Waals surface area (Å²) in [7, 11) is 4.09. The first-order chi connectivity index (χ1) is 7.33. The Kier molecular flexibility index (Phi) is 4.52. The summed E-state index contributed by atoms with van der Waals surface area (Å²) in [5.41, 5.74) is 0.0386. The molecule has 0 aliphatic carbocycles. The van der Waals surface area contributed by atoms with E-state index >= 15 is 0 Å². The van der Waals surface area contributed by atoms with Crippen molar-refractivity contribution in [1.82, 2.24) is 14.9 Å². The van der Waals surface area contributed by atoms with Gasteiger partial charge in [0, 0.05) is 18.3 Å². The van der Waals surface area contributed by atoms with E-state index in [9.17, 15) is 0 Å². The Labute approximate surface area is 110 Å². The summed E-state index contributed by atoms with van der Waals surface area (Å²) in [6.07, 6.45) is 1.64. The maximum absolute atomic E-state index is 5.74. The van der Waals surface area contributed by atoms with Gasteiger partial charge in [0.15, 0.2) is 0 Å². The molecular weight excluding hydrogens is 291 g/mol. The summed E-state index contributed by atoms with van der Waals surface area (Å²) in [6.45, 7) is 5.07. The Hall–Kier alpha value is -0.390. The van der Waals surface area contributed by atoms with Crippen LogP contribution >= 0.6 is 27.5 Å². The second kappa shape index (κ2) is 5.29. The third-order valence-corrected chi connectivity index (χ3v) is 3.38. The van der Waals surface area contributed by atoms with E-state index in [0.29, 0.717) is 0 Å². The zero-order valence-corrected chi connectivity index (χ0v) is 12.2. The van der Waals surface area contributed by atoms with Crippen molar-refractivity contribution in [3.63, 3.8) is 0 Å². The summed E-state index contributed by atoms with van der Waals surface area (Å²) >= 11 is 9.11. The van der Waals surface area contributed by atoms with Gasteiger partial charge in [-0.15, -0.1) is 0 Å². The van der Waals surface area contributed by atoms with Crippen LogP contribution in [0.1, 0.15) is 13.8 Å². The highest BCUT2D eigenvalue weighted by molar-refractivity contribution is 9.10. The number of hydrogen-bond acceptors (Lipinski definition) is 4. The van der Waals surface area contributed by atoms with Gasteiger partial charge in [-0.25, -0.2) is 4.98 Å². The molecule has 0 bridgehead atoms. The molecular formula is C10H16BrClN4. The minimum absolute atomic E-state index is 0.0386. The normalized spacial score (nSPS) is 11.9. The van der Waals surface area contributed by atoms with Crippen molar-refractivity contribution in [2.75, 3.05) is 26.0 Å². The fraction of sp³-hybridized carbons (Fsp3) is 0.600. The van der Waals surface area contributed by atoms with Crippen molar-refractivity contribution in [3.8, 4) is 0 Å². The first kappa shape index (κ1) is 13.7. The quantitative estimate of drug-likeness (QED) is 0.868. The molecule has 0 fully saturated rings. The molecule has 1 rings (SSSR count). The highest BCUT2D eigenvalue weighted by Gasteiger charge is 2.20. The van der Waals surface area contributed by atoms with Crippen LogP contribution in [-0.4, -0.2) is 41.0 Å². The molecule has 0 aromatic carbocycles. The van der Waals surface area contributed by atoms with Crippen molar-refractivity contribution in [2.24, 2.45) is 0 Å². The lowest BCUT2D eigenvalue weighted by molar-refractivity contribution is 0.210.